The van der Waals surface area contributed by atoms with Crippen molar-refractivity contribution in [3.63, 3.8) is 0 Å². The minimum Gasteiger partial charge on any atom is -0.486 e. The molecule has 10 nitrogen and oxygen atoms in total. The third-order valence-corrected chi connectivity index (χ3v) is 8.85. The molecule has 1 fully saturated rings. The Hall–Kier alpha value is -2.41. The van der Waals surface area contributed by atoms with Crippen LogP contribution in [0.15, 0.2) is 27.2 Å². The maximum Gasteiger partial charge on any atom is 0.305 e. The topological polar surface area (TPSA) is 121 Å². The largest absolute Gasteiger partial charge is 0.486 e. The van der Waals surface area contributed by atoms with E-state index in [4.69, 9.17) is 9.47 Å². The van der Waals surface area contributed by atoms with Crippen LogP contribution in [0.2, 0.25) is 0 Å². The zero-order chi connectivity index (χ0) is 22.2. The number of sulfonamides is 1. The van der Waals surface area contributed by atoms with Gasteiger partial charge in [-0.1, -0.05) is 11.3 Å². The van der Waals surface area contributed by atoms with Gasteiger partial charge in [0.2, 0.25) is 5.91 Å². The highest BCUT2D eigenvalue weighted by molar-refractivity contribution is 7.91. The molecule has 12 heteroatoms. The Morgan fingerprint density at radius 2 is 1.84 bits per heavy atom. The molecule has 1 amide bonds. The summed E-state index contributed by atoms with van der Waals surface area (Å²) in [6.07, 6.45) is 0. The summed E-state index contributed by atoms with van der Waals surface area (Å²) < 4.78 is 38.1. The van der Waals surface area contributed by atoms with Crippen LogP contribution >= 0.6 is 11.3 Å². The number of fused-ring (bicyclic) bond motifs is 1. The lowest BCUT2D eigenvalue weighted by atomic mass is 10.2. The van der Waals surface area contributed by atoms with Gasteiger partial charge < -0.3 is 19.8 Å². The lowest BCUT2D eigenvalue weighted by Gasteiger charge is -2.36. The number of amides is 1. The van der Waals surface area contributed by atoms with Crippen LogP contribution in [0, 0.1) is 6.92 Å². The Balaban J connectivity index is 1.36. The molecule has 2 aromatic rings. The molecule has 4 rings (SSSR count). The highest BCUT2D eigenvalue weighted by Gasteiger charge is 2.34. The number of aromatic nitrogens is 1. The predicted octanol–water partition coefficient (Wildman–Crippen LogP) is 0.850. The summed E-state index contributed by atoms with van der Waals surface area (Å²) in [5, 5.41) is 2.88. The van der Waals surface area contributed by atoms with Gasteiger partial charge in [0.25, 0.3) is 10.0 Å². The normalized spacial score (nSPS) is 18.5. The van der Waals surface area contributed by atoms with E-state index in [2.05, 4.69) is 10.3 Å². The van der Waals surface area contributed by atoms with Crippen LogP contribution in [0.3, 0.4) is 0 Å². The van der Waals surface area contributed by atoms with E-state index in [1.807, 2.05) is 4.90 Å². The van der Waals surface area contributed by atoms with Gasteiger partial charge in [-0.25, -0.2) is 8.42 Å². The third-order valence-electron chi connectivity index (χ3n) is 5.37. The standard InChI is InChI=1S/C19H24N4O6S2/c1-12-18(30-19(25)20-12)31(26,27)23-7-5-22(6-8-23)13(2)17(24)21-14-3-4-15-16(11-14)29-10-9-28-15/h3-4,11,13H,5-10H2,1-2H3,(H,20,25)(H,21,24)/t13-/m1/s1. The Morgan fingerprint density at radius 1 is 1.16 bits per heavy atom. The first kappa shape index (κ1) is 21.8. The van der Waals surface area contributed by atoms with E-state index in [0.29, 0.717) is 60.5 Å². The molecule has 2 aliphatic heterocycles. The molecule has 0 aliphatic carbocycles. The van der Waals surface area contributed by atoms with Gasteiger partial charge in [0, 0.05) is 43.6 Å². The fourth-order valence-electron chi connectivity index (χ4n) is 3.62. The average Bonchev–Trinajstić information content (AvgIpc) is 3.12. The van der Waals surface area contributed by atoms with E-state index in [0.717, 1.165) is 0 Å². The molecular formula is C19H24N4O6S2. The highest BCUT2D eigenvalue weighted by Crippen LogP contribution is 2.32. The summed E-state index contributed by atoms with van der Waals surface area (Å²) >= 11 is 0.700. The van der Waals surface area contributed by atoms with Gasteiger partial charge in [-0.3, -0.25) is 14.5 Å². The Kier molecular flexibility index (Phi) is 6.06. The summed E-state index contributed by atoms with van der Waals surface area (Å²) in [4.78, 5) is 28.3. The van der Waals surface area contributed by atoms with Crippen molar-refractivity contribution in [2.24, 2.45) is 0 Å². The molecule has 1 aromatic heterocycles. The summed E-state index contributed by atoms with van der Waals surface area (Å²) in [6.45, 7) is 5.64. The van der Waals surface area contributed by atoms with E-state index >= 15 is 0 Å². The molecule has 0 saturated carbocycles. The molecule has 168 valence electrons. The second-order valence-electron chi connectivity index (χ2n) is 7.39. The lowest BCUT2D eigenvalue weighted by Crippen LogP contribution is -2.53. The predicted molar refractivity (Wildman–Crippen MR) is 116 cm³/mol. The quantitative estimate of drug-likeness (QED) is 0.667. The number of benzene rings is 1. The fraction of sp³-hybridized carbons (Fsp3) is 0.474. The van der Waals surface area contributed by atoms with Crippen molar-refractivity contribution in [3.05, 3.63) is 33.6 Å². The number of aryl methyl sites for hydroxylation is 1. The zero-order valence-electron chi connectivity index (χ0n) is 17.2. The Morgan fingerprint density at radius 3 is 2.48 bits per heavy atom. The summed E-state index contributed by atoms with van der Waals surface area (Å²) in [5.74, 6) is 1.06. The van der Waals surface area contributed by atoms with Crippen LogP contribution in [0.5, 0.6) is 11.5 Å². The number of anilines is 1. The number of rotatable bonds is 5. The van der Waals surface area contributed by atoms with Crippen LogP contribution in [-0.4, -0.2) is 73.9 Å². The van der Waals surface area contributed by atoms with Crippen molar-refractivity contribution < 1.29 is 22.7 Å². The van der Waals surface area contributed by atoms with Gasteiger partial charge in [0.15, 0.2) is 15.7 Å². The second kappa shape index (κ2) is 8.61. The number of ether oxygens (including phenoxy) is 2. The van der Waals surface area contributed by atoms with Crippen LogP contribution in [-0.2, 0) is 14.8 Å². The van der Waals surface area contributed by atoms with E-state index in [9.17, 15) is 18.0 Å². The molecule has 3 heterocycles. The molecule has 2 aliphatic rings. The van der Waals surface area contributed by atoms with Gasteiger partial charge >= 0.3 is 4.87 Å². The number of nitrogens with one attached hydrogen (secondary N) is 2. The average molecular weight is 469 g/mol. The minimum atomic E-state index is -3.73. The fourth-order valence-corrected chi connectivity index (χ4v) is 6.48. The number of nitrogens with zero attached hydrogens (tertiary/aromatic N) is 2. The summed E-state index contributed by atoms with van der Waals surface area (Å²) in [5.41, 5.74) is 0.963. The number of thiazole rings is 1. The van der Waals surface area contributed by atoms with Crippen molar-refractivity contribution in [1.82, 2.24) is 14.2 Å². The van der Waals surface area contributed by atoms with Crippen molar-refractivity contribution in [2.75, 3.05) is 44.7 Å². The molecular weight excluding hydrogens is 444 g/mol. The maximum absolute atomic E-state index is 12.8. The van der Waals surface area contributed by atoms with Crippen LogP contribution in [0.4, 0.5) is 5.69 Å². The maximum atomic E-state index is 12.8. The van der Waals surface area contributed by atoms with E-state index in [1.54, 1.807) is 32.0 Å². The van der Waals surface area contributed by atoms with Crippen molar-refractivity contribution in [2.45, 2.75) is 24.1 Å². The molecule has 0 bridgehead atoms. The number of hydrogen-bond donors (Lipinski definition) is 2. The molecule has 0 radical (unpaired) electrons. The van der Waals surface area contributed by atoms with Crippen LogP contribution in [0.25, 0.3) is 0 Å². The minimum absolute atomic E-state index is 0.0512. The summed E-state index contributed by atoms with van der Waals surface area (Å²) in [7, 11) is -3.73. The van der Waals surface area contributed by atoms with Crippen LogP contribution < -0.4 is 19.7 Å². The Bertz CT molecular complexity index is 1130. The molecule has 1 aromatic carbocycles. The van der Waals surface area contributed by atoms with Crippen molar-refractivity contribution >= 4 is 33.0 Å². The SMILES string of the molecule is Cc1[nH]c(=O)sc1S(=O)(=O)N1CCN([C@H](C)C(=O)Nc2ccc3c(c2)OCCO3)CC1. The van der Waals surface area contributed by atoms with Gasteiger partial charge in [-0.2, -0.15) is 4.31 Å². The van der Waals surface area contributed by atoms with Gasteiger partial charge in [-0.15, -0.1) is 0 Å². The van der Waals surface area contributed by atoms with Gasteiger partial charge in [-0.05, 0) is 26.0 Å². The number of aromatic amines is 1. The summed E-state index contributed by atoms with van der Waals surface area (Å²) in [6, 6.07) is 4.81. The number of hydrogen-bond acceptors (Lipinski definition) is 8. The molecule has 31 heavy (non-hydrogen) atoms. The van der Waals surface area contributed by atoms with Crippen LogP contribution in [0.1, 0.15) is 12.6 Å². The molecule has 0 unspecified atom stereocenters. The van der Waals surface area contributed by atoms with E-state index in [1.165, 1.54) is 4.31 Å². The number of H-pyrrole nitrogens is 1. The van der Waals surface area contributed by atoms with Gasteiger partial charge in [0.1, 0.15) is 13.2 Å². The first-order valence-corrected chi connectivity index (χ1v) is 12.2. The molecule has 1 atom stereocenters. The zero-order valence-corrected chi connectivity index (χ0v) is 18.8. The van der Waals surface area contributed by atoms with E-state index in [-0.39, 0.29) is 28.1 Å². The third kappa shape index (κ3) is 4.47. The number of carbonyl (C=O) groups excluding carboxylic acids is 1. The molecule has 1 saturated heterocycles. The molecule has 2 N–H and O–H groups in total. The first-order chi connectivity index (χ1) is 14.8. The van der Waals surface area contributed by atoms with Crippen molar-refractivity contribution in [3.8, 4) is 11.5 Å². The van der Waals surface area contributed by atoms with E-state index < -0.39 is 16.1 Å². The number of piperazine rings is 1. The van der Waals surface area contributed by atoms with Gasteiger partial charge in [0.05, 0.1) is 6.04 Å². The van der Waals surface area contributed by atoms with Crippen molar-refractivity contribution in [1.29, 1.82) is 0 Å². The second-order valence-corrected chi connectivity index (χ2v) is 10.5. The highest BCUT2D eigenvalue weighted by atomic mass is 32.2. The number of carbonyl (C=O) groups is 1. The molecule has 0 spiro atoms. The monoisotopic (exact) mass is 468 g/mol. The Labute approximate surface area is 183 Å². The lowest BCUT2D eigenvalue weighted by molar-refractivity contribution is -0.121. The smallest absolute Gasteiger partial charge is 0.305 e. The first-order valence-electron chi connectivity index (χ1n) is 9.90.